The number of unbranched alkanes of at least 4 members (excludes halogenated alkanes) is 4. The Morgan fingerprint density at radius 1 is 1.18 bits per heavy atom. The quantitative estimate of drug-likeness (QED) is 0.468. The summed E-state index contributed by atoms with van der Waals surface area (Å²) in [4.78, 5) is 13.9. The minimum atomic E-state index is -4.34. The number of rotatable bonds is 11. The minimum absolute atomic E-state index is 0.0295. The Kier molecular flexibility index (Phi) is 9.26. The van der Waals surface area contributed by atoms with Crippen LogP contribution in [0.4, 0.5) is 13.2 Å². The molecule has 2 aliphatic heterocycles. The molecule has 2 N–H and O–H groups in total. The van der Waals surface area contributed by atoms with E-state index in [1.54, 1.807) is 18.2 Å². The van der Waals surface area contributed by atoms with E-state index in [0.717, 1.165) is 25.7 Å². The predicted molar refractivity (Wildman–Crippen MR) is 118 cm³/mol. The van der Waals surface area contributed by atoms with Crippen LogP contribution in [0.3, 0.4) is 0 Å². The van der Waals surface area contributed by atoms with E-state index in [9.17, 15) is 23.1 Å². The number of hydrogen-bond donors (Lipinski definition) is 2. The minimum Gasteiger partial charge on any atom is -0.486 e. The molecule has 1 fully saturated rings. The summed E-state index contributed by atoms with van der Waals surface area (Å²) < 4.78 is 51.5. The van der Waals surface area contributed by atoms with Gasteiger partial charge in [0, 0.05) is 13.0 Å². The van der Waals surface area contributed by atoms with Gasteiger partial charge in [0.15, 0.2) is 11.5 Å². The number of amides is 1. The molecule has 0 aliphatic carbocycles. The molecule has 1 unspecified atom stereocenters. The van der Waals surface area contributed by atoms with Crippen LogP contribution >= 0.6 is 0 Å². The van der Waals surface area contributed by atoms with Gasteiger partial charge in [-0.05, 0) is 43.5 Å². The van der Waals surface area contributed by atoms with Crippen LogP contribution in [0.5, 0.6) is 11.5 Å². The summed E-state index contributed by atoms with van der Waals surface area (Å²) in [7, 11) is 0. The fourth-order valence-electron chi connectivity index (χ4n) is 4.54. The summed E-state index contributed by atoms with van der Waals surface area (Å²) in [6.07, 6.45) is 0.139. The van der Waals surface area contributed by atoms with Crippen LogP contribution in [0.1, 0.15) is 70.0 Å². The maximum absolute atomic E-state index is 13.5. The molecule has 3 rings (SSSR count). The van der Waals surface area contributed by atoms with Crippen molar-refractivity contribution in [2.24, 2.45) is 0 Å². The normalized spacial score (nSPS) is 20.5. The Morgan fingerprint density at radius 3 is 2.64 bits per heavy atom. The number of fused-ring (bicyclic) bond motifs is 1. The highest BCUT2D eigenvalue weighted by Gasteiger charge is 2.46. The van der Waals surface area contributed by atoms with Gasteiger partial charge in [0.25, 0.3) is 0 Å². The summed E-state index contributed by atoms with van der Waals surface area (Å²) in [5.41, 5.74) is 0.468. The smallest absolute Gasteiger partial charge is 0.404 e. The first-order valence-electron chi connectivity index (χ1n) is 12.0. The third kappa shape index (κ3) is 7.24. The molecule has 0 aromatic heterocycles. The highest BCUT2D eigenvalue weighted by molar-refractivity contribution is 5.76. The lowest BCUT2D eigenvalue weighted by molar-refractivity contribution is -0.177. The molecule has 1 aromatic rings. The fraction of sp³-hybridized carbons (Fsp3) is 0.708. The molecule has 3 atom stereocenters. The Morgan fingerprint density at radius 2 is 1.91 bits per heavy atom. The van der Waals surface area contributed by atoms with Crippen molar-refractivity contribution in [3.63, 3.8) is 0 Å². The van der Waals surface area contributed by atoms with Gasteiger partial charge in [0.05, 0.1) is 6.04 Å². The van der Waals surface area contributed by atoms with E-state index < -0.39 is 24.4 Å². The van der Waals surface area contributed by atoms with Crippen molar-refractivity contribution < 1.29 is 32.5 Å². The van der Waals surface area contributed by atoms with Crippen molar-refractivity contribution >= 4 is 5.91 Å². The number of aliphatic hydroxyl groups excluding tert-OH is 1. The molecule has 0 saturated carbocycles. The number of halogens is 3. The summed E-state index contributed by atoms with van der Waals surface area (Å²) in [5, 5.41) is 13.9. The van der Waals surface area contributed by atoms with E-state index in [2.05, 4.69) is 12.2 Å². The van der Waals surface area contributed by atoms with E-state index in [1.165, 1.54) is 4.90 Å². The predicted octanol–water partition coefficient (Wildman–Crippen LogP) is 4.36. The molecule has 1 saturated heterocycles. The zero-order chi connectivity index (χ0) is 23.8. The highest BCUT2D eigenvalue weighted by atomic mass is 19.4. The van der Waals surface area contributed by atoms with E-state index in [1.807, 2.05) is 0 Å². The molecule has 2 heterocycles. The first-order chi connectivity index (χ1) is 15.8. The molecule has 33 heavy (non-hydrogen) atoms. The number of benzene rings is 1. The Bertz CT molecular complexity index is 775. The lowest BCUT2D eigenvalue weighted by Gasteiger charge is -2.33. The van der Waals surface area contributed by atoms with Crippen molar-refractivity contribution in [3.8, 4) is 11.5 Å². The largest absolute Gasteiger partial charge is 0.486 e. The molecule has 2 aliphatic rings. The number of alkyl halides is 3. The maximum atomic E-state index is 13.5. The molecule has 9 heteroatoms. The van der Waals surface area contributed by atoms with Crippen LogP contribution < -0.4 is 14.8 Å². The second-order valence-electron chi connectivity index (χ2n) is 8.88. The molecular formula is C24H35F3N2O4. The second kappa shape index (κ2) is 11.9. The van der Waals surface area contributed by atoms with Crippen LogP contribution in [0.25, 0.3) is 0 Å². The average Bonchev–Trinajstić information content (AvgIpc) is 3.26. The highest BCUT2D eigenvalue weighted by Crippen LogP contribution is 2.35. The van der Waals surface area contributed by atoms with Gasteiger partial charge in [0.2, 0.25) is 5.91 Å². The maximum Gasteiger partial charge on any atom is 0.404 e. The van der Waals surface area contributed by atoms with Crippen LogP contribution in [0.15, 0.2) is 18.2 Å². The number of ether oxygens (including phenoxy) is 2. The van der Waals surface area contributed by atoms with Crippen molar-refractivity contribution in [1.82, 2.24) is 10.2 Å². The van der Waals surface area contributed by atoms with Crippen molar-refractivity contribution in [2.45, 2.75) is 82.7 Å². The van der Waals surface area contributed by atoms with Gasteiger partial charge >= 0.3 is 6.18 Å². The van der Waals surface area contributed by atoms with Gasteiger partial charge < -0.3 is 19.9 Å². The third-order valence-electron chi connectivity index (χ3n) is 6.32. The number of aliphatic hydroxyl groups is 1. The van der Waals surface area contributed by atoms with E-state index in [4.69, 9.17) is 9.47 Å². The summed E-state index contributed by atoms with van der Waals surface area (Å²) >= 11 is 0. The molecule has 0 radical (unpaired) electrons. The zero-order valence-corrected chi connectivity index (χ0v) is 19.2. The fourth-order valence-corrected chi connectivity index (χ4v) is 4.54. The zero-order valence-electron chi connectivity index (χ0n) is 19.2. The van der Waals surface area contributed by atoms with Gasteiger partial charge in [0.1, 0.15) is 25.4 Å². The molecule has 0 spiro atoms. The lowest BCUT2D eigenvalue weighted by Crippen LogP contribution is -2.51. The Hall–Kier alpha value is -2.00. The number of likely N-dealkylation sites (tertiary alicyclic amines) is 1. The van der Waals surface area contributed by atoms with E-state index in [0.29, 0.717) is 43.1 Å². The van der Waals surface area contributed by atoms with Gasteiger partial charge in [-0.3, -0.25) is 9.69 Å². The van der Waals surface area contributed by atoms with Crippen LogP contribution in [-0.4, -0.2) is 60.5 Å². The number of hydrogen-bond acceptors (Lipinski definition) is 5. The van der Waals surface area contributed by atoms with Crippen molar-refractivity contribution in [2.75, 3.05) is 26.3 Å². The first-order valence-corrected chi connectivity index (χ1v) is 12.0. The lowest BCUT2D eigenvalue weighted by atomic mass is 10.00. The molecule has 186 valence electrons. The van der Waals surface area contributed by atoms with Gasteiger partial charge in [-0.25, -0.2) is 0 Å². The van der Waals surface area contributed by atoms with Crippen LogP contribution in [0, 0.1) is 0 Å². The Balaban J connectivity index is 1.71. The summed E-state index contributed by atoms with van der Waals surface area (Å²) in [6, 6.07) is 2.53. The van der Waals surface area contributed by atoms with Gasteiger partial charge in [-0.2, -0.15) is 13.2 Å². The van der Waals surface area contributed by atoms with E-state index in [-0.39, 0.29) is 31.8 Å². The molecule has 6 nitrogen and oxygen atoms in total. The third-order valence-corrected chi connectivity index (χ3v) is 6.32. The van der Waals surface area contributed by atoms with Crippen molar-refractivity contribution in [1.29, 1.82) is 0 Å². The number of carbonyl (C=O) groups excluding carboxylic acids is 1. The molecule has 0 bridgehead atoms. The van der Waals surface area contributed by atoms with Crippen molar-refractivity contribution in [3.05, 3.63) is 23.8 Å². The SMILES string of the molecule is CCCCCCCC(=O)N[C@H](CN1CCCC1C(F)(F)F)[C@H](O)c1ccc2c(c1)OCCO2. The second-order valence-corrected chi connectivity index (χ2v) is 8.88. The molecule has 1 amide bonds. The summed E-state index contributed by atoms with van der Waals surface area (Å²) in [5.74, 6) is 0.783. The standard InChI is InChI=1S/C24H35F3N2O4/c1-2-3-4-5-6-9-22(30)28-18(16-29-12-7-8-21(29)24(25,26)27)23(31)17-10-11-19-20(15-17)33-14-13-32-19/h10-11,15,18,21,23,31H,2-9,12-14,16H2,1H3,(H,28,30)/t18-,21?,23-/m1/s1. The van der Waals surface area contributed by atoms with Gasteiger partial charge in [-0.1, -0.05) is 38.7 Å². The molecular weight excluding hydrogens is 437 g/mol. The summed E-state index contributed by atoms with van der Waals surface area (Å²) in [6.45, 7) is 3.12. The van der Waals surface area contributed by atoms with Gasteiger partial charge in [-0.15, -0.1) is 0 Å². The van der Waals surface area contributed by atoms with E-state index >= 15 is 0 Å². The molecule has 1 aromatic carbocycles. The van der Waals surface area contributed by atoms with Crippen LogP contribution in [-0.2, 0) is 4.79 Å². The number of nitrogens with one attached hydrogen (secondary N) is 1. The average molecular weight is 473 g/mol. The monoisotopic (exact) mass is 472 g/mol. The van der Waals surface area contributed by atoms with Crippen LogP contribution in [0.2, 0.25) is 0 Å². The number of carbonyl (C=O) groups is 1. The first kappa shape index (κ1) is 25.6. The Labute approximate surface area is 193 Å². The topological polar surface area (TPSA) is 71.0 Å². The number of nitrogens with zero attached hydrogens (tertiary/aromatic N) is 1.